The van der Waals surface area contributed by atoms with Crippen LogP contribution >= 0.6 is 0 Å². The Kier molecular flexibility index (Phi) is 9.25. The largest absolute Gasteiger partial charge is 0.448 e. The van der Waals surface area contributed by atoms with E-state index in [9.17, 15) is 39.6 Å². The van der Waals surface area contributed by atoms with Crippen molar-refractivity contribution in [2.24, 2.45) is 0 Å². The van der Waals surface area contributed by atoms with Crippen LogP contribution in [0.25, 0.3) is 0 Å². The highest BCUT2D eigenvalue weighted by Crippen LogP contribution is 2.25. The third-order valence-electron chi connectivity index (χ3n) is 7.20. The van der Waals surface area contributed by atoms with Crippen molar-refractivity contribution in [3.05, 3.63) is 0 Å². The lowest BCUT2D eigenvalue weighted by Gasteiger charge is -2.30. The number of rotatable bonds is 9. The van der Waals surface area contributed by atoms with Gasteiger partial charge in [0.2, 0.25) is 0 Å². The number of hydrogen-bond donors (Lipinski definition) is 3. The summed E-state index contributed by atoms with van der Waals surface area (Å²) in [6, 6.07) is -0.657. The van der Waals surface area contributed by atoms with Gasteiger partial charge in [-0.1, -0.05) is 0 Å². The molecule has 230 valence electrons. The lowest BCUT2D eigenvalue weighted by molar-refractivity contribution is 0.104. The Hall–Kier alpha value is -2.34. The maximum absolute atomic E-state index is 13.0. The van der Waals surface area contributed by atoms with Crippen molar-refractivity contribution in [3.63, 3.8) is 0 Å². The molecule has 4 amide bonds. The van der Waals surface area contributed by atoms with Crippen LogP contribution in [-0.2, 0) is 39.0 Å². The van der Waals surface area contributed by atoms with Gasteiger partial charge < -0.3 is 30.3 Å². The summed E-state index contributed by atoms with van der Waals surface area (Å²) in [6.07, 6.45) is -1.01. The highest BCUT2D eigenvalue weighted by molar-refractivity contribution is 7.92. The topological polar surface area (TPSA) is 211 Å². The van der Waals surface area contributed by atoms with E-state index in [-0.39, 0.29) is 80.1 Å². The monoisotopic (exact) mass is 630 g/mol. The van der Waals surface area contributed by atoms with Crippen molar-refractivity contribution < 1.29 is 49.1 Å². The van der Waals surface area contributed by atoms with E-state index in [1.807, 2.05) is 0 Å². The van der Waals surface area contributed by atoms with Gasteiger partial charge in [-0.15, -0.1) is 0 Å². The number of sulfone groups is 3. The molecule has 3 unspecified atom stereocenters. The summed E-state index contributed by atoms with van der Waals surface area (Å²) in [4.78, 5) is 38.8. The van der Waals surface area contributed by atoms with Gasteiger partial charge in [-0.3, -0.25) is 0 Å². The molecule has 18 heteroatoms. The Morgan fingerprint density at radius 1 is 0.625 bits per heavy atom. The SMILES string of the molecule is CC1(NC(=O)OCCN(CCOC(=O)NC2(C)CCS(=O)(=O)C2)C(=O)NC2(C)CCS(=O)(=O)C2)CCS(=O)(=O)C1. The van der Waals surface area contributed by atoms with Crippen molar-refractivity contribution in [2.45, 2.75) is 56.7 Å². The number of amides is 4. The normalized spacial score (nSPS) is 31.7. The van der Waals surface area contributed by atoms with E-state index >= 15 is 0 Å². The Balaban J connectivity index is 1.54. The van der Waals surface area contributed by atoms with Crippen molar-refractivity contribution in [3.8, 4) is 0 Å². The molecule has 3 heterocycles. The Morgan fingerprint density at radius 2 is 0.950 bits per heavy atom. The lowest BCUT2D eigenvalue weighted by Crippen LogP contribution is -2.54. The predicted molar refractivity (Wildman–Crippen MR) is 144 cm³/mol. The van der Waals surface area contributed by atoms with E-state index in [0.717, 1.165) is 0 Å². The molecule has 3 aliphatic rings. The summed E-state index contributed by atoms with van der Waals surface area (Å²) in [5, 5.41) is 7.78. The van der Waals surface area contributed by atoms with Crippen LogP contribution in [0.1, 0.15) is 40.0 Å². The van der Waals surface area contributed by atoms with Gasteiger partial charge in [-0.05, 0) is 40.0 Å². The minimum absolute atomic E-state index is 0.0469. The maximum atomic E-state index is 13.0. The number of carbonyl (C=O) groups is 3. The molecule has 0 spiro atoms. The van der Waals surface area contributed by atoms with Crippen LogP contribution < -0.4 is 16.0 Å². The highest BCUT2D eigenvalue weighted by Gasteiger charge is 2.42. The first-order chi connectivity index (χ1) is 18.2. The zero-order chi connectivity index (χ0) is 30.0. The number of nitrogens with zero attached hydrogens (tertiary/aromatic N) is 1. The summed E-state index contributed by atoms with van der Waals surface area (Å²) in [5.41, 5.74) is -2.94. The van der Waals surface area contributed by atoms with E-state index in [1.165, 1.54) is 4.90 Å². The van der Waals surface area contributed by atoms with Crippen molar-refractivity contribution in [1.82, 2.24) is 20.9 Å². The molecule has 0 aliphatic carbocycles. The first-order valence-corrected chi connectivity index (χ1v) is 18.3. The zero-order valence-corrected chi connectivity index (χ0v) is 25.3. The Morgan fingerprint density at radius 3 is 1.25 bits per heavy atom. The van der Waals surface area contributed by atoms with Crippen LogP contribution in [0.2, 0.25) is 0 Å². The number of alkyl carbamates (subject to hydrolysis) is 2. The van der Waals surface area contributed by atoms with Gasteiger partial charge in [0.05, 0.1) is 64.2 Å². The summed E-state index contributed by atoms with van der Waals surface area (Å²) in [7, 11) is -9.82. The molecule has 0 aromatic carbocycles. The number of carbonyl (C=O) groups excluding carboxylic acids is 3. The Bertz CT molecular complexity index is 1270. The van der Waals surface area contributed by atoms with Gasteiger partial charge in [-0.2, -0.15) is 0 Å². The van der Waals surface area contributed by atoms with E-state index in [1.54, 1.807) is 20.8 Å². The molecule has 3 rings (SSSR count). The molecule has 0 radical (unpaired) electrons. The summed E-state index contributed by atoms with van der Waals surface area (Å²) in [6.45, 7) is 3.96. The standard InChI is InChI=1S/C22H38N4O11S3/c1-20(4-11-38(30,31)14-20)23-17(27)26(7-9-36-18(28)24-21(2)5-12-39(32,33)15-21)8-10-37-19(29)25-22(3)6-13-40(34,35)16-22/h4-16H2,1-3H3,(H,23,27)(H,24,28)(H,25,29). The smallest absolute Gasteiger partial charge is 0.407 e. The van der Waals surface area contributed by atoms with Crippen LogP contribution in [0, 0.1) is 0 Å². The quantitative estimate of drug-likeness (QED) is 0.286. The average Bonchev–Trinajstić information content (AvgIpc) is 3.33. The van der Waals surface area contributed by atoms with E-state index in [2.05, 4.69) is 16.0 Å². The van der Waals surface area contributed by atoms with Crippen molar-refractivity contribution >= 4 is 47.7 Å². The summed E-state index contributed by atoms with van der Waals surface area (Å²) < 4.78 is 81.2. The summed E-state index contributed by atoms with van der Waals surface area (Å²) in [5.74, 6) is -0.825. The first-order valence-electron chi connectivity index (χ1n) is 12.8. The van der Waals surface area contributed by atoms with Gasteiger partial charge in [0.15, 0.2) is 29.5 Å². The molecule has 3 atom stereocenters. The molecule has 0 aromatic heterocycles. The first kappa shape index (κ1) is 32.2. The second-order valence-corrected chi connectivity index (χ2v) is 18.2. The second-order valence-electron chi connectivity index (χ2n) is 11.6. The van der Waals surface area contributed by atoms with Crippen LogP contribution in [0.5, 0.6) is 0 Å². The minimum Gasteiger partial charge on any atom is -0.448 e. The molecule has 3 fully saturated rings. The predicted octanol–water partition coefficient (Wildman–Crippen LogP) is -0.818. The molecule has 40 heavy (non-hydrogen) atoms. The zero-order valence-electron chi connectivity index (χ0n) is 22.9. The van der Waals surface area contributed by atoms with Gasteiger partial charge in [0, 0.05) is 0 Å². The fourth-order valence-electron chi connectivity index (χ4n) is 5.04. The van der Waals surface area contributed by atoms with Crippen LogP contribution in [0.4, 0.5) is 14.4 Å². The van der Waals surface area contributed by atoms with Crippen LogP contribution in [-0.4, -0.2) is 126 Å². The van der Waals surface area contributed by atoms with E-state index in [4.69, 9.17) is 9.47 Å². The lowest BCUT2D eigenvalue weighted by atomic mass is 10.0. The van der Waals surface area contributed by atoms with Crippen molar-refractivity contribution in [2.75, 3.05) is 60.8 Å². The highest BCUT2D eigenvalue weighted by atomic mass is 32.2. The molecular weight excluding hydrogens is 592 g/mol. The van der Waals surface area contributed by atoms with Gasteiger partial charge in [0.25, 0.3) is 0 Å². The van der Waals surface area contributed by atoms with Gasteiger partial charge >= 0.3 is 18.2 Å². The summed E-state index contributed by atoms with van der Waals surface area (Å²) >= 11 is 0. The molecular formula is C22H38N4O11S3. The molecule has 0 bridgehead atoms. The fourth-order valence-corrected chi connectivity index (χ4v) is 11.3. The van der Waals surface area contributed by atoms with Crippen LogP contribution in [0.3, 0.4) is 0 Å². The van der Waals surface area contributed by atoms with Crippen LogP contribution in [0.15, 0.2) is 0 Å². The average molecular weight is 631 g/mol. The number of urea groups is 1. The fraction of sp³-hybridized carbons (Fsp3) is 0.864. The molecule has 3 N–H and O–H groups in total. The maximum Gasteiger partial charge on any atom is 0.407 e. The number of ether oxygens (including phenoxy) is 2. The molecule has 0 aromatic rings. The van der Waals surface area contributed by atoms with Gasteiger partial charge in [0.1, 0.15) is 13.2 Å². The number of hydrogen-bond acceptors (Lipinski definition) is 11. The molecule has 15 nitrogen and oxygen atoms in total. The van der Waals surface area contributed by atoms with Gasteiger partial charge in [-0.25, -0.2) is 39.6 Å². The van der Waals surface area contributed by atoms with Crippen molar-refractivity contribution in [1.29, 1.82) is 0 Å². The third-order valence-corrected chi connectivity index (χ3v) is 12.9. The van der Waals surface area contributed by atoms with E-state index < -0.39 is 64.3 Å². The second kappa shape index (κ2) is 11.5. The third kappa shape index (κ3) is 9.36. The number of nitrogens with one attached hydrogen (secondary N) is 3. The Labute approximate surface area is 234 Å². The molecule has 3 aliphatic heterocycles. The molecule has 3 saturated heterocycles. The minimum atomic E-state index is -3.31. The molecule has 0 saturated carbocycles. The van der Waals surface area contributed by atoms with E-state index in [0.29, 0.717) is 0 Å².